The summed E-state index contributed by atoms with van der Waals surface area (Å²) in [4.78, 5) is 4.48. The number of fused-ring (bicyclic) bond motifs is 1. The van der Waals surface area contributed by atoms with Crippen molar-refractivity contribution in [2.75, 3.05) is 6.26 Å². The SMILES string of the molecule is CSC1(Cn2c(CCl)nc3cc(F)ccc32)CCCC1. The summed E-state index contributed by atoms with van der Waals surface area (Å²) in [7, 11) is 0. The molecule has 0 bridgehead atoms. The van der Waals surface area contributed by atoms with Crippen LogP contribution in [0.5, 0.6) is 0 Å². The quantitative estimate of drug-likeness (QED) is 0.768. The molecular weight excluding hydrogens is 295 g/mol. The fraction of sp³-hybridized carbons (Fsp3) is 0.533. The van der Waals surface area contributed by atoms with Gasteiger partial charge in [-0.1, -0.05) is 12.8 Å². The van der Waals surface area contributed by atoms with E-state index >= 15 is 0 Å². The van der Waals surface area contributed by atoms with E-state index in [1.807, 2.05) is 17.8 Å². The van der Waals surface area contributed by atoms with Crippen molar-refractivity contribution in [2.24, 2.45) is 0 Å². The van der Waals surface area contributed by atoms with E-state index in [1.165, 1.54) is 37.8 Å². The number of hydrogen-bond donors (Lipinski definition) is 0. The summed E-state index contributed by atoms with van der Waals surface area (Å²) >= 11 is 7.98. The Morgan fingerprint density at radius 3 is 2.80 bits per heavy atom. The van der Waals surface area contributed by atoms with Gasteiger partial charge in [-0.05, 0) is 31.2 Å². The van der Waals surface area contributed by atoms with Gasteiger partial charge in [0.15, 0.2) is 0 Å². The molecule has 1 aromatic carbocycles. The third-order valence-electron chi connectivity index (χ3n) is 4.30. The second-order valence-electron chi connectivity index (χ2n) is 5.48. The number of aromatic nitrogens is 2. The molecule has 0 saturated heterocycles. The molecule has 0 atom stereocenters. The standard InChI is InChI=1S/C15H18ClFN2S/c1-20-15(6-2-3-7-15)10-19-13-5-4-11(17)8-12(13)18-14(19)9-16/h4-5,8H,2-3,6-7,9-10H2,1H3. The number of thioether (sulfide) groups is 1. The number of imidazole rings is 1. The fourth-order valence-electron chi connectivity index (χ4n) is 3.17. The molecule has 0 aliphatic heterocycles. The number of hydrogen-bond acceptors (Lipinski definition) is 2. The van der Waals surface area contributed by atoms with Crippen molar-refractivity contribution >= 4 is 34.4 Å². The van der Waals surface area contributed by atoms with Gasteiger partial charge in [0.2, 0.25) is 0 Å². The first-order valence-corrected chi connectivity index (χ1v) is 8.69. The first kappa shape index (κ1) is 14.2. The minimum Gasteiger partial charge on any atom is -0.326 e. The highest BCUT2D eigenvalue weighted by molar-refractivity contribution is 8.00. The molecule has 3 rings (SSSR count). The van der Waals surface area contributed by atoms with Crippen LogP contribution in [0.1, 0.15) is 31.5 Å². The van der Waals surface area contributed by atoms with Crippen molar-refractivity contribution in [1.29, 1.82) is 0 Å². The molecule has 2 nitrogen and oxygen atoms in total. The first-order chi connectivity index (χ1) is 9.67. The lowest BCUT2D eigenvalue weighted by atomic mass is 10.1. The average molecular weight is 313 g/mol. The summed E-state index contributed by atoms with van der Waals surface area (Å²) < 4.78 is 15.8. The van der Waals surface area contributed by atoms with Crippen LogP contribution >= 0.6 is 23.4 Å². The maximum Gasteiger partial charge on any atom is 0.125 e. The molecule has 2 aromatic rings. The molecule has 0 spiro atoms. The van der Waals surface area contributed by atoms with Crippen LogP contribution in [-0.4, -0.2) is 20.6 Å². The Kier molecular flexibility index (Phi) is 3.95. The number of nitrogens with zero attached hydrogens (tertiary/aromatic N) is 2. The molecule has 1 aromatic heterocycles. The lowest BCUT2D eigenvalue weighted by Gasteiger charge is -2.28. The summed E-state index contributed by atoms with van der Waals surface area (Å²) in [6.45, 7) is 0.915. The zero-order valence-corrected chi connectivity index (χ0v) is 13.1. The van der Waals surface area contributed by atoms with Crippen LogP contribution in [0, 0.1) is 5.82 Å². The van der Waals surface area contributed by atoms with Gasteiger partial charge < -0.3 is 4.57 Å². The lowest BCUT2D eigenvalue weighted by molar-refractivity contribution is 0.505. The number of benzene rings is 1. The van der Waals surface area contributed by atoms with Crippen molar-refractivity contribution in [3.8, 4) is 0 Å². The van der Waals surface area contributed by atoms with Gasteiger partial charge in [0.1, 0.15) is 11.6 Å². The first-order valence-electron chi connectivity index (χ1n) is 6.93. The molecule has 0 radical (unpaired) electrons. The van der Waals surface area contributed by atoms with Crippen molar-refractivity contribution in [1.82, 2.24) is 9.55 Å². The van der Waals surface area contributed by atoms with E-state index in [9.17, 15) is 4.39 Å². The molecule has 5 heteroatoms. The van der Waals surface area contributed by atoms with Crippen LogP contribution in [0.15, 0.2) is 18.2 Å². The van der Waals surface area contributed by atoms with Crippen LogP contribution in [0.2, 0.25) is 0 Å². The van der Waals surface area contributed by atoms with Gasteiger partial charge in [0.05, 0.1) is 16.9 Å². The normalized spacial score (nSPS) is 17.9. The van der Waals surface area contributed by atoms with Gasteiger partial charge in [-0.3, -0.25) is 0 Å². The van der Waals surface area contributed by atoms with Crippen LogP contribution < -0.4 is 0 Å². The van der Waals surface area contributed by atoms with Gasteiger partial charge in [0.25, 0.3) is 0 Å². The predicted octanol–water partition coefficient (Wildman–Crippen LogP) is 4.59. The van der Waals surface area contributed by atoms with Crippen molar-refractivity contribution < 1.29 is 4.39 Å². The highest BCUT2D eigenvalue weighted by atomic mass is 35.5. The largest absolute Gasteiger partial charge is 0.326 e. The van der Waals surface area contributed by atoms with Crippen molar-refractivity contribution in [2.45, 2.75) is 42.9 Å². The molecule has 1 fully saturated rings. The van der Waals surface area contributed by atoms with E-state index < -0.39 is 0 Å². The van der Waals surface area contributed by atoms with E-state index in [2.05, 4.69) is 15.8 Å². The molecule has 1 saturated carbocycles. The maximum atomic E-state index is 13.3. The van der Waals surface area contributed by atoms with Crippen LogP contribution in [0.25, 0.3) is 11.0 Å². The Bertz CT molecular complexity index is 620. The molecular formula is C15H18ClFN2S. The van der Waals surface area contributed by atoms with Crippen molar-refractivity contribution in [3.05, 3.63) is 29.8 Å². The van der Waals surface area contributed by atoms with Gasteiger partial charge >= 0.3 is 0 Å². The Morgan fingerprint density at radius 2 is 2.15 bits per heavy atom. The second kappa shape index (κ2) is 5.57. The van der Waals surface area contributed by atoms with Gasteiger partial charge in [-0.2, -0.15) is 11.8 Å². The molecule has 1 heterocycles. The predicted molar refractivity (Wildman–Crippen MR) is 84.0 cm³/mol. The van der Waals surface area contributed by atoms with E-state index in [4.69, 9.17) is 11.6 Å². The third kappa shape index (κ3) is 2.44. The molecule has 0 N–H and O–H groups in total. The Hall–Kier alpha value is -0.740. The monoisotopic (exact) mass is 312 g/mol. The van der Waals surface area contributed by atoms with E-state index in [0.717, 1.165) is 17.9 Å². The summed E-state index contributed by atoms with van der Waals surface area (Å²) in [6, 6.07) is 4.80. The van der Waals surface area contributed by atoms with Gasteiger partial charge in [-0.25, -0.2) is 9.37 Å². The molecule has 20 heavy (non-hydrogen) atoms. The third-order valence-corrected chi connectivity index (χ3v) is 5.95. The minimum absolute atomic E-state index is 0.247. The lowest BCUT2D eigenvalue weighted by Crippen LogP contribution is -2.27. The molecule has 0 amide bonds. The Balaban J connectivity index is 2.05. The van der Waals surface area contributed by atoms with Crippen LogP contribution in [0.3, 0.4) is 0 Å². The zero-order valence-electron chi connectivity index (χ0n) is 11.5. The summed E-state index contributed by atoms with van der Waals surface area (Å²) in [5, 5.41) is 0. The van der Waals surface area contributed by atoms with E-state index in [0.29, 0.717) is 11.4 Å². The fourth-order valence-corrected chi connectivity index (χ4v) is 4.32. The summed E-state index contributed by atoms with van der Waals surface area (Å²) in [5.74, 6) is 0.956. The molecule has 108 valence electrons. The second-order valence-corrected chi connectivity index (χ2v) is 7.02. The average Bonchev–Trinajstić information content (AvgIpc) is 3.04. The smallest absolute Gasteiger partial charge is 0.125 e. The number of rotatable bonds is 4. The maximum absolute atomic E-state index is 13.3. The van der Waals surface area contributed by atoms with Crippen LogP contribution in [-0.2, 0) is 12.4 Å². The number of alkyl halides is 1. The van der Waals surface area contributed by atoms with Gasteiger partial charge in [-0.15, -0.1) is 11.6 Å². The zero-order chi connectivity index (χ0) is 14.2. The molecule has 1 aliphatic rings. The van der Waals surface area contributed by atoms with E-state index in [1.54, 1.807) is 0 Å². The molecule has 0 unspecified atom stereocenters. The summed E-state index contributed by atoms with van der Waals surface area (Å²) in [5.41, 5.74) is 1.69. The Labute approximate surface area is 127 Å². The van der Waals surface area contributed by atoms with Crippen LogP contribution in [0.4, 0.5) is 4.39 Å². The van der Waals surface area contributed by atoms with Gasteiger partial charge in [0, 0.05) is 17.4 Å². The minimum atomic E-state index is -0.247. The number of halogens is 2. The highest BCUT2D eigenvalue weighted by Crippen LogP contribution is 2.42. The van der Waals surface area contributed by atoms with E-state index in [-0.39, 0.29) is 10.6 Å². The Morgan fingerprint density at radius 1 is 1.40 bits per heavy atom. The summed E-state index contributed by atoms with van der Waals surface area (Å²) in [6.07, 6.45) is 7.23. The van der Waals surface area contributed by atoms with Crippen molar-refractivity contribution in [3.63, 3.8) is 0 Å². The highest BCUT2D eigenvalue weighted by Gasteiger charge is 2.34. The topological polar surface area (TPSA) is 17.8 Å². The molecule has 1 aliphatic carbocycles.